The summed E-state index contributed by atoms with van der Waals surface area (Å²) in [4.78, 5) is 27.7. The maximum Gasteiger partial charge on any atom is 0.270 e. The minimum Gasteiger partial charge on any atom is -0.476 e. The summed E-state index contributed by atoms with van der Waals surface area (Å²) in [5.41, 5.74) is 0.627. The molecule has 2 aliphatic rings. The summed E-state index contributed by atoms with van der Waals surface area (Å²) < 4.78 is 11.0. The van der Waals surface area contributed by atoms with E-state index in [4.69, 9.17) is 9.47 Å². The molecule has 1 fully saturated rings. The lowest BCUT2D eigenvalue weighted by Crippen LogP contribution is -2.53. The van der Waals surface area contributed by atoms with Crippen LogP contribution in [0.4, 0.5) is 11.4 Å². The topological polar surface area (TPSA) is 59.1 Å². The molecule has 1 aliphatic heterocycles. The van der Waals surface area contributed by atoms with Crippen molar-refractivity contribution in [3.05, 3.63) is 18.2 Å². The first-order valence-corrected chi connectivity index (χ1v) is 8.35. The number of nitrogens with zero attached hydrogens (tertiary/aromatic N) is 2. The van der Waals surface area contributed by atoms with Crippen molar-refractivity contribution in [2.75, 3.05) is 30.1 Å². The molecule has 0 atom stereocenters. The van der Waals surface area contributed by atoms with Gasteiger partial charge in [0.1, 0.15) is 5.75 Å². The molecule has 1 aromatic rings. The fraction of sp³-hybridized carbons (Fsp3) is 0.556. The van der Waals surface area contributed by atoms with Gasteiger partial charge >= 0.3 is 0 Å². The Morgan fingerprint density at radius 3 is 2.79 bits per heavy atom. The Morgan fingerprint density at radius 2 is 2.17 bits per heavy atom. The molecule has 1 aliphatic carbocycles. The second kappa shape index (κ2) is 6.43. The fourth-order valence-electron chi connectivity index (χ4n) is 3.02. The monoisotopic (exact) mass is 332 g/mol. The maximum atomic E-state index is 12.8. The van der Waals surface area contributed by atoms with Crippen molar-refractivity contribution in [3.63, 3.8) is 0 Å². The van der Waals surface area contributed by atoms with Crippen molar-refractivity contribution in [2.45, 2.75) is 44.8 Å². The van der Waals surface area contributed by atoms with Crippen LogP contribution in [-0.2, 0) is 14.3 Å². The first-order valence-electron chi connectivity index (χ1n) is 8.35. The van der Waals surface area contributed by atoms with Crippen LogP contribution in [0.2, 0.25) is 0 Å². The number of fused-ring (bicyclic) bond motifs is 1. The van der Waals surface area contributed by atoms with Crippen LogP contribution in [0.15, 0.2) is 18.2 Å². The first kappa shape index (κ1) is 16.8. The quantitative estimate of drug-likeness (QED) is 0.568. The van der Waals surface area contributed by atoms with Gasteiger partial charge in [-0.3, -0.25) is 9.59 Å². The molecule has 0 bridgehead atoms. The molecule has 24 heavy (non-hydrogen) atoms. The Balaban J connectivity index is 1.94. The highest BCUT2D eigenvalue weighted by Crippen LogP contribution is 2.41. The predicted molar refractivity (Wildman–Crippen MR) is 91.6 cm³/mol. The van der Waals surface area contributed by atoms with E-state index in [1.54, 1.807) is 30.8 Å². The molecular weight excluding hydrogens is 308 g/mol. The maximum absolute atomic E-state index is 12.8. The number of hydrogen-bond donors (Lipinski definition) is 0. The number of carbonyl (C=O) groups excluding carboxylic acids is 2. The third-order valence-corrected chi connectivity index (χ3v) is 4.44. The van der Waals surface area contributed by atoms with E-state index in [9.17, 15) is 9.59 Å². The lowest BCUT2D eigenvalue weighted by atomic mass is 10.0. The van der Waals surface area contributed by atoms with Crippen LogP contribution in [0.5, 0.6) is 5.75 Å². The standard InChI is InChI=1S/C18H24N2O4/c1-18(2)17(22)19(9-4-10-23-3)15-11-14(7-8-16(15)24-18)20(12-21)13-5-6-13/h7-8,11-13H,4-6,9-10H2,1-3H3. The normalized spacial score (nSPS) is 18.8. The highest BCUT2D eigenvalue weighted by Gasteiger charge is 2.41. The minimum absolute atomic E-state index is 0.0765. The number of amides is 2. The average molecular weight is 332 g/mol. The number of rotatable bonds is 7. The zero-order chi connectivity index (χ0) is 17.3. The van der Waals surface area contributed by atoms with Crippen molar-refractivity contribution in [3.8, 4) is 5.75 Å². The smallest absolute Gasteiger partial charge is 0.270 e. The van der Waals surface area contributed by atoms with Gasteiger partial charge in [0.15, 0.2) is 5.60 Å². The summed E-state index contributed by atoms with van der Waals surface area (Å²) in [6, 6.07) is 5.88. The summed E-state index contributed by atoms with van der Waals surface area (Å²) >= 11 is 0. The van der Waals surface area contributed by atoms with E-state index in [-0.39, 0.29) is 11.9 Å². The predicted octanol–water partition coefficient (Wildman–Crippen LogP) is 2.35. The Kier molecular flexibility index (Phi) is 4.49. The molecule has 0 aromatic heterocycles. The van der Waals surface area contributed by atoms with Crippen LogP contribution in [-0.4, -0.2) is 44.2 Å². The molecular formula is C18H24N2O4. The van der Waals surface area contributed by atoms with Gasteiger partial charge in [-0.2, -0.15) is 0 Å². The summed E-state index contributed by atoms with van der Waals surface area (Å²) in [6.07, 6.45) is 3.65. The molecule has 2 amide bonds. The van der Waals surface area contributed by atoms with Gasteiger partial charge in [-0.15, -0.1) is 0 Å². The van der Waals surface area contributed by atoms with E-state index in [2.05, 4.69) is 0 Å². The molecule has 0 radical (unpaired) electrons. The number of ether oxygens (including phenoxy) is 2. The van der Waals surface area contributed by atoms with Gasteiger partial charge in [-0.05, 0) is 51.3 Å². The molecule has 0 spiro atoms. The van der Waals surface area contributed by atoms with Crippen LogP contribution in [0, 0.1) is 0 Å². The molecule has 3 rings (SSSR count). The molecule has 0 unspecified atom stereocenters. The van der Waals surface area contributed by atoms with Gasteiger partial charge < -0.3 is 19.3 Å². The van der Waals surface area contributed by atoms with Crippen LogP contribution >= 0.6 is 0 Å². The number of methoxy groups -OCH3 is 1. The van der Waals surface area contributed by atoms with Gasteiger partial charge in [0.25, 0.3) is 5.91 Å². The summed E-state index contributed by atoms with van der Waals surface area (Å²) in [5.74, 6) is 0.592. The lowest BCUT2D eigenvalue weighted by molar-refractivity contribution is -0.132. The van der Waals surface area contributed by atoms with Crippen molar-refractivity contribution in [1.29, 1.82) is 0 Å². The van der Waals surface area contributed by atoms with Crippen molar-refractivity contribution in [2.24, 2.45) is 0 Å². The van der Waals surface area contributed by atoms with Gasteiger partial charge in [-0.25, -0.2) is 0 Å². The largest absolute Gasteiger partial charge is 0.476 e. The van der Waals surface area contributed by atoms with E-state index in [0.29, 0.717) is 18.9 Å². The molecule has 0 N–H and O–H groups in total. The second-order valence-electron chi connectivity index (χ2n) is 6.81. The summed E-state index contributed by atoms with van der Waals surface area (Å²) in [7, 11) is 1.65. The van der Waals surface area contributed by atoms with E-state index in [1.165, 1.54) is 0 Å². The SMILES string of the molecule is COCCCN1C(=O)C(C)(C)Oc2ccc(N(C=O)C3CC3)cc21. The second-order valence-corrected chi connectivity index (χ2v) is 6.81. The van der Waals surface area contributed by atoms with Crippen molar-refractivity contribution in [1.82, 2.24) is 0 Å². The highest BCUT2D eigenvalue weighted by atomic mass is 16.5. The highest BCUT2D eigenvalue weighted by molar-refractivity contribution is 6.03. The molecule has 6 heteroatoms. The molecule has 6 nitrogen and oxygen atoms in total. The van der Waals surface area contributed by atoms with E-state index < -0.39 is 5.60 Å². The van der Waals surface area contributed by atoms with Crippen LogP contribution in [0.25, 0.3) is 0 Å². The third kappa shape index (κ3) is 3.11. The summed E-state index contributed by atoms with van der Waals surface area (Å²) in [6.45, 7) is 4.69. The summed E-state index contributed by atoms with van der Waals surface area (Å²) in [5, 5.41) is 0. The lowest BCUT2D eigenvalue weighted by Gasteiger charge is -2.39. The zero-order valence-corrected chi connectivity index (χ0v) is 14.4. The Bertz CT molecular complexity index is 640. The van der Waals surface area contributed by atoms with Crippen molar-refractivity contribution < 1.29 is 19.1 Å². The van der Waals surface area contributed by atoms with E-state index in [0.717, 1.165) is 37.0 Å². The fourth-order valence-corrected chi connectivity index (χ4v) is 3.02. The first-order chi connectivity index (χ1) is 11.5. The molecule has 1 saturated carbocycles. The van der Waals surface area contributed by atoms with Crippen LogP contribution in [0.1, 0.15) is 33.1 Å². The average Bonchev–Trinajstić information content (AvgIpc) is 3.37. The minimum atomic E-state index is -0.900. The number of benzene rings is 1. The molecule has 130 valence electrons. The number of anilines is 2. The Hall–Kier alpha value is -2.08. The van der Waals surface area contributed by atoms with E-state index in [1.807, 2.05) is 18.2 Å². The van der Waals surface area contributed by atoms with Gasteiger partial charge in [-0.1, -0.05) is 0 Å². The Labute approximate surface area is 142 Å². The number of carbonyl (C=O) groups is 2. The van der Waals surface area contributed by atoms with Gasteiger partial charge in [0.05, 0.1) is 5.69 Å². The van der Waals surface area contributed by atoms with Gasteiger partial charge in [0, 0.05) is 32.0 Å². The molecule has 1 aromatic carbocycles. The molecule has 0 saturated heterocycles. The number of hydrogen-bond acceptors (Lipinski definition) is 4. The van der Waals surface area contributed by atoms with Crippen LogP contribution < -0.4 is 14.5 Å². The van der Waals surface area contributed by atoms with Gasteiger partial charge in [0.2, 0.25) is 6.41 Å². The van der Waals surface area contributed by atoms with E-state index >= 15 is 0 Å². The third-order valence-electron chi connectivity index (χ3n) is 4.44. The van der Waals surface area contributed by atoms with Crippen molar-refractivity contribution >= 4 is 23.7 Å². The zero-order valence-electron chi connectivity index (χ0n) is 14.4. The Morgan fingerprint density at radius 1 is 1.42 bits per heavy atom. The van der Waals surface area contributed by atoms with Crippen LogP contribution in [0.3, 0.4) is 0 Å². The molecule has 1 heterocycles.